The summed E-state index contributed by atoms with van der Waals surface area (Å²) >= 11 is 0. The minimum atomic E-state index is -1.44. The van der Waals surface area contributed by atoms with Gasteiger partial charge in [-0.3, -0.25) is 9.59 Å². The van der Waals surface area contributed by atoms with Gasteiger partial charge in [0.2, 0.25) is 0 Å². The van der Waals surface area contributed by atoms with Crippen molar-refractivity contribution in [3.05, 3.63) is 72.9 Å². The number of ether oxygens (including phenoxy) is 8. The van der Waals surface area contributed by atoms with Gasteiger partial charge in [-0.05, 0) is 54.4 Å². The Hall–Kier alpha value is -5.80. The van der Waals surface area contributed by atoms with Crippen LogP contribution in [0.4, 0.5) is 0 Å². The first-order valence-electron chi connectivity index (χ1n) is 19.7. The summed E-state index contributed by atoms with van der Waals surface area (Å²) in [6.45, 7) is 26.5. The molecule has 0 amide bonds. The number of rotatable bonds is 32. The summed E-state index contributed by atoms with van der Waals surface area (Å²) in [7, 11) is 0. The summed E-state index contributed by atoms with van der Waals surface area (Å²) in [5.41, 5.74) is -2.27. The zero-order valence-corrected chi connectivity index (χ0v) is 36.8. The second-order valence-corrected chi connectivity index (χ2v) is 15.4. The molecule has 0 aliphatic heterocycles. The lowest BCUT2D eigenvalue weighted by atomic mass is 9.92. The molecule has 0 spiro atoms. The fourth-order valence-corrected chi connectivity index (χ4v) is 4.59. The molecular formula is C45H64O16. The summed E-state index contributed by atoms with van der Waals surface area (Å²) in [6.07, 6.45) is 4.96. The average molecular weight is 861 g/mol. The molecule has 0 aromatic carbocycles. The highest BCUT2D eigenvalue weighted by Gasteiger charge is 2.39. The van der Waals surface area contributed by atoms with Gasteiger partial charge in [0.25, 0.3) is 0 Å². The molecule has 0 N–H and O–H groups in total. The van der Waals surface area contributed by atoms with Crippen LogP contribution in [-0.2, 0) is 76.3 Å². The smallest absolute Gasteiger partial charge is 0.333 e. The monoisotopic (exact) mass is 860 g/mol. The van der Waals surface area contributed by atoms with Gasteiger partial charge in [0.1, 0.15) is 63.7 Å². The van der Waals surface area contributed by atoms with Crippen LogP contribution in [0.25, 0.3) is 0 Å². The van der Waals surface area contributed by atoms with Gasteiger partial charge < -0.3 is 37.9 Å². The average Bonchev–Trinajstić information content (AvgIpc) is 3.20. The van der Waals surface area contributed by atoms with Crippen LogP contribution in [0, 0.1) is 10.8 Å². The molecule has 0 bridgehead atoms. The zero-order chi connectivity index (χ0) is 46.8. The molecule has 0 saturated carbocycles. The summed E-state index contributed by atoms with van der Waals surface area (Å²) in [5, 5.41) is 0. The minimum absolute atomic E-state index is 0.0667. The second-order valence-electron chi connectivity index (χ2n) is 15.4. The van der Waals surface area contributed by atoms with Crippen LogP contribution < -0.4 is 0 Å². The van der Waals surface area contributed by atoms with Gasteiger partial charge in [0, 0.05) is 46.3 Å². The minimum Gasteiger partial charge on any atom is -0.465 e. The van der Waals surface area contributed by atoms with Crippen molar-refractivity contribution in [2.75, 3.05) is 52.9 Å². The molecule has 0 atom stereocenters. The van der Waals surface area contributed by atoms with E-state index >= 15 is 0 Å². The van der Waals surface area contributed by atoms with E-state index in [9.17, 15) is 38.4 Å². The molecule has 61 heavy (non-hydrogen) atoms. The lowest BCUT2D eigenvalue weighted by Crippen LogP contribution is -2.44. The number of carbonyl (C=O) groups excluding carboxylic acids is 8. The molecule has 16 nitrogen and oxygen atoms in total. The quantitative estimate of drug-likeness (QED) is 0.0316. The fourth-order valence-electron chi connectivity index (χ4n) is 4.59. The lowest BCUT2D eigenvalue weighted by Gasteiger charge is -2.31. The topological polar surface area (TPSA) is 210 Å². The van der Waals surface area contributed by atoms with Gasteiger partial charge in [0.15, 0.2) is 0 Å². The van der Waals surface area contributed by atoms with E-state index in [1.165, 1.54) is 41.5 Å². The molecule has 0 aromatic rings. The summed E-state index contributed by atoms with van der Waals surface area (Å²) in [6, 6.07) is 0. The van der Waals surface area contributed by atoms with Crippen molar-refractivity contribution in [3.8, 4) is 0 Å². The first kappa shape index (κ1) is 55.2. The predicted octanol–water partition coefficient (Wildman–Crippen LogP) is 6.27. The molecule has 0 saturated heterocycles. The van der Waals surface area contributed by atoms with Gasteiger partial charge in [-0.2, -0.15) is 0 Å². The van der Waals surface area contributed by atoms with Crippen molar-refractivity contribution in [1.82, 2.24) is 0 Å². The highest BCUT2D eigenvalue weighted by molar-refractivity contribution is 5.89. The summed E-state index contributed by atoms with van der Waals surface area (Å²) in [4.78, 5) is 98.8. The maximum Gasteiger partial charge on any atom is 0.333 e. The van der Waals surface area contributed by atoms with E-state index in [1.54, 1.807) is 0 Å². The number of hydrogen-bond acceptors (Lipinski definition) is 16. The molecular weight excluding hydrogens is 796 g/mol. The fraction of sp³-hybridized carbons (Fsp3) is 0.556. The van der Waals surface area contributed by atoms with Crippen molar-refractivity contribution >= 4 is 47.8 Å². The molecule has 0 rings (SSSR count). The Balaban J connectivity index is 5.16. The first-order valence-corrected chi connectivity index (χ1v) is 19.7. The second kappa shape index (κ2) is 28.6. The largest absolute Gasteiger partial charge is 0.465 e. The van der Waals surface area contributed by atoms with Gasteiger partial charge in [0.05, 0.1) is 0 Å². The normalized spacial score (nSPS) is 10.9. The Kier molecular flexibility index (Phi) is 25.9. The molecule has 0 aliphatic carbocycles. The molecule has 0 fully saturated rings. The van der Waals surface area contributed by atoms with E-state index in [-0.39, 0.29) is 46.3 Å². The maximum absolute atomic E-state index is 12.8. The Bertz CT molecular complexity index is 1400. The number of hydrogen-bond donors (Lipinski definition) is 0. The highest BCUT2D eigenvalue weighted by atomic mass is 16.6. The predicted molar refractivity (Wildman–Crippen MR) is 223 cm³/mol. The van der Waals surface area contributed by atoms with Gasteiger partial charge in [-0.25, -0.2) is 28.8 Å². The summed E-state index contributed by atoms with van der Waals surface area (Å²) < 4.78 is 42.9. The van der Waals surface area contributed by atoms with E-state index in [0.717, 1.165) is 19.3 Å². The van der Waals surface area contributed by atoms with Crippen LogP contribution in [0.5, 0.6) is 0 Å². The SMILES string of the molecule is C=C(C)C(=O)OCC(COC(=O)CCCCCCCCCC(=O)OCC(COC(=O)C(=C)C)(COC(=O)C(=C)C)COC(=O)C(=C)C)(COC(=O)C(=C)C)COC(=O)C(=C)C. The van der Waals surface area contributed by atoms with Crippen LogP contribution in [0.2, 0.25) is 0 Å². The van der Waals surface area contributed by atoms with E-state index in [1.807, 2.05) is 0 Å². The Morgan fingerprint density at radius 1 is 0.295 bits per heavy atom. The van der Waals surface area contributed by atoms with Crippen molar-refractivity contribution in [3.63, 3.8) is 0 Å². The van der Waals surface area contributed by atoms with E-state index in [2.05, 4.69) is 39.5 Å². The molecule has 0 heterocycles. The number of esters is 8. The highest BCUT2D eigenvalue weighted by Crippen LogP contribution is 2.25. The van der Waals surface area contributed by atoms with Crippen LogP contribution in [0.1, 0.15) is 99.3 Å². The number of unbranched alkanes of at least 4 members (excludes halogenated alkanes) is 6. The third kappa shape index (κ3) is 24.2. The van der Waals surface area contributed by atoms with Crippen molar-refractivity contribution < 1.29 is 76.3 Å². The van der Waals surface area contributed by atoms with Crippen LogP contribution >= 0.6 is 0 Å². The van der Waals surface area contributed by atoms with Crippen molar-refractivity contribution in [2.24, 2.45) is 10.8 Å². The third-order valence-corrected chi connectivity index (χ3v) is 8.49. The Morgan fingerprint density at radius 3 is 0.639 bits per heavy atom. The molecule has 0 aromatic heterocycles. The summed E-state index contributed by atoms with van der Waals surface area (Å²) in [5.74, 6) is -5.59. The van der Waals surface area contributed by atoms with E-state index in [0.29, 0.717) is 25.7 Å². The van der Waals surface area contributed by atoms with Crippen LogP contribution in [-0.4, -0.2) is 101 Å². The van der Waals surface area contributed by atoms with Crippen LogP contribution in [0.3, 0.4) is 0 Å². The van der Waals surface area contributed by atoms with E-state index < -0.39 is 111 Å². The lowest BCUT2D eigenvalue weighted by molar-refractivity contribution is -0.170. The molecule has 0 radical (unpaired) electrons. The van der Waals surface area contributed by atoms with E-state index in [4.69, 9.17) is 37.9 Å². The Labute approximate surface area is 359 Å². The van der Waals surface area contributed by atoms with Gasteiger partial charge in [-0.1, -0.05) is 71.6 Å². The van der Waals surface area contributed by atoms with Crippen LogP contribution in [0.15, 0.2) is 72.9 Å². The molecule has 0 aliphatic rings. The standard InChI is InChI=1S/C45H64O16/c1-30(2)38(48)56-24-44(25-57-39(49)31(3)4,26-58-40(50)32(5)6)22-54-36(46)20-18-16-14-13-15-17-19-21-37(47)55-23-45(27-59-41(51)33(7)8,28-60-42(52)34(9)10)29-61-43(53)35(11)12/h1,3,5,7,9,11,13-29H2,2,4,6,8,10,12H3. The molecule has 340 valence electrons. The molecule has 16 heteroatoms. The van der Waals surface area contributed by atoms with Gasteiger partial charge in [-0.15, -0.1) is 0 Å². The number of carbonyl (C=O) groups is 8. The van der Waals surface area contributed by atoms with Crippen molar-refractivity contribution in [1.29, 1.82) is 0 Å². The molecule has 0 unspecified atom stereocenters. The first-order chi connectivity index (χ1) is 28.5. The zero-order valence-electron chi connectivity index (χ0n) is 36.8. The Morgan fingerprint density at radius 2 is 0.459 bits per heavy atom. The third-order valence-electron chi connectivity index (χ3n) is 8.49. The van der Waals surface area contributed by atoms with Gasteiger partial charge >= 0.3 is 47.8 Å². The van der Waals surface area contributed by atoms with Crippen molar-refractivity contribution in [2.45, 2.75) is 99.3 Å². The maximum atomic E-state index is 12.8.